The minimum absolute atomic E-state index is 0.372. The fourth-order valence-corrected chi connectivity index (χ4v) is 4.78. The number of anilines is 1. The summed E-state index contributed by atoms with van der Waals surface area (Å²) in [5, 5.41) is 32.2. The van der Waals surface area contributed by atoms with Crippen molar-refractivity contribution in [2.75, 3.05) is 5.32 Å². The van der Waals surface area contributed by atoms with Crippen LogP contribution in [0.5, 0.6) is 0 Å². The number of halogens is 1. The molecule has 7 nitrogen and oxygen atoms in total. The van der Waals surface area contributed by atoms with Crippen molar-refractivity contribution in [2.45, 2.75) is 18.2 Å². The number of aliphatic hydroxyl groups excluding tert-OH is 1. The second kappa shape index (κ2) is 7.47. The third-order valence-corrected chi connectivity index (χ3v) is 6.36. The van der Waals surface area contributed by atoms with Gasteiger partial charge in [0.1, 0.15) is 17.7 Å². The van der Waals surface area contributed by atoms with Crippen molar-refractivity contribution in [1.29, 1.82) is 0 Å². The van der Waals surface area contributed by atoms with Crippen molar-refractivity contribution >= 4 is 28.5 Å². The van der Waals surface area contributed by atoms with E-state index in [9.17, 15) is 5.11 Å². The average Bonchev–Trinajstić information content (AvgIpc) is 3.45. The Morgan fingerprint density at radius 2 is 1.66 bits per heavy atom. The standard InChI is InChI=1S/C24H19ClN6O/c25-16-11-5-4-10-15(16)21-22(31-18-13-7-6-12-17(18)27-30-31)23(32)19-20(28-29-24(19)26-21)14-8-2-1-3-9-14/h1-13,21-23,32H,(H2,26,28,29)/t21-,22-,23-/m1/s1. The predicted octanol–water partition coefficient (Wildman–Crippen LogP) is 4.92. The smallest absolute Gasteiger partial charge is 0.154 e. The quantitative estimate of drug-likeness (QED) is 0.369. The van der Waals surface area contributed by atoms with E-state index in [-0.39, 0.29) is 6.04 Å². The summed E-state index contributed by atoms with van der Waals surface area (Å²) in [7, 11) is 0. The molecule has 0 aliphatic carbocycles. The molecule has 3 N–H and O–H groups in total. The molecule has 3 aromatic carbocycles. The van der Waals surface area contributed by atoms with Gasteiger partial charge >= 0.3 is 0 Å². The molecule has 2 aromatic heterocycles. The molecule has 1 aliphatic heterocycles. The second-order valence-electron chi connectivity index (χ2n) is 7.83. The summed E-state index contributed by atoms with van der Waals surface area (Å²) in [5.41, 5.74) is 4.87. The van der Waals surface area contributed by atoms with Crippen LogP contribution in [-0.2, 0) is 0 Å². The number of H-pyrrole nitrogens is 1. The van der Waals surface area contributed by atoms with Crippen LogP contribution in [0.3, 0.4) is 0 Å². The minimum atomic E-state index is -0.911. The van der Waals surface area contributed by atoms with Crippen LogP contribution in [0.25, 0.3) is 22.3 Å². The van der Waals surface area contributed by atoms with Crippen LogP contribution in [-0.4, -0.2) is 30.3 Å². The van der Waals surface area contributed by atoms with E-state index in [0.717, 1.165) is 27.9 Å². The number of hydrogen-bond donors (Lipinski definition) is 3. The molecule has 0 bridgehead atoms. The first-order chi connectivity index (χ1) is 15.7. The minimum Gasteiger partial charge on any atom is -0.386 e. The Kier molecular flexibility index (Phi) is 4.45. The maximum atomic E-state index is 11.8. The zero-order chi connectivity index (χ0) is 21.7. The number of nitrogens with one attached hydrogen (secondary N) is 2. The molecule has 1 aliphatic rings. The molecule has 158 valence electrons. The zero-order valence-electron chi connectivity index (χ0n) is 16.9. The van der Waals surface area contributed by atoms with Crippen LogP contribution in [0.4, 0.5) is 5.82 Å². The number of aromatic nitrogens is 5. The van der Waals surface area contributed by atoms with Crippen LogP contribution in [0.2, 0.25) is 5.02 Å². The Morgan fingerprint density at radius 1 is 0.906 bits per heavy atom. The van der Waals surface area contributed by atoms with Gasteiger partial charge in [-0.1, -0.05) is 77.5 Å². The molecule has 0 unspecified atom stereocenters. The second-order valence-corrected chi connectivity index (χ2v) is 8.24. The molecule has 0 spiro atoms. The van der Waals surface area contributed by atoms with Crippen molar-refractivity contribution in [3.8, 4) is 11.3 Å². The number of benzene rings is 3. The fraction of sp³-hybridized carbons (Fsp3) is 0.125. The molecule has 6 rings (SSSR count). The molecule has 3 heterocycles. The van der Waals surface area contributed by atoms with Crippen molar-refractivity contribution in [2.24, 2.45) is 0 Å². The van der Waals surface area contributed by atoms with Gasteiger partial charge in [0.15, 0.2) is 5.82 Å². The summed E-state index contributed by atoms with van der Waals surface area (Å²) < 4.78 is 1.78. The van der Waals surface area contributed by atoms with Gasteiger partial charge in [0, 0.05) is 5.02 Å². The van der Waals surface area contributed by atoms with Gasteiger partial charge in [-0.3, -0.25) is 5.10 Å². The summed E-state index contributed by atoms with van der Waals surface area (Å²) >= 11 is 6.58. The molecule has 0 fully saturated rings. The van der Waals surface area contributed by atoms with Crippen molar-refractivity contribution < 1.29 is 5.11 Å². The summed E-state index contributed by atoms with van der Waals surface area (Å²) in [6.07, 6.45) is -0.911. The molecule has 0 saturated heterocycles. The first kappa shape index (κ1) is 19.0. The maximum absolute atomic E-state index is 11.8. The van der Waals surface area contributed by atoms with Gasteiger partial charge in [-0.25, -0.2) is 4.68 Å². The summed E-state index contributed by atoms with van der Waals surface area (Å²) in [6, 6.07) is 24.3. The summed E-state index contributed by atoms with van der Waals surface area (Å²) in [6.45, 7) is 0. The van der Waals surface area contributed by atoms with Gasteiger partial charge in [-0.2, -0.15) is 5.10 Å². The van der Waals surface area contributed by atoms with Gasteiger partial charge in [0.25, 0.3) is 0 Å². The SMILES string of the molecule is O[C@@H]1c2c(n[nH]c2-c2ccccc2)N[C@H](c2ccccc2Cl)[C@H]1n1nnc2ccccc21. The highest BCUT2D eigenvalue weighted by atomic mass is 35.5. The average molecular weight is 443 g/mol. The van der Waals surface area contributed by atoms with E-state index in [1.807, 2.05) is 78.9 Å². The van der Waals surface area contributed by atoms with Gasteiger partial charge in [0.05, 0.1) is 22.8 Å². The molecule has 0 saturated carbocycles. The van der Waals surface area contributed by atoms with E-state index in [1.54, 1.807) is 4.68 Å². The highest BCUT2D eigenvalue weighted by molar-refractivity contribution is 6.31. The normalized spacial score (nSPS) is 20.1. The number of aromatic amines is 1. The largest absolute Gasteiger partial charge is 0.386 e. The van der Waals surface area contributed by atoms with Gasteiger partial charge in [-0.15, -0.1) is 5.10 Å². The topological polar surface area (TPSA) is 91.7 Å². The number of hydrogen-bond acceptors (Lipinski definition) is 5. The Balaban J connectivity index is 1.57. The lowest BCUT2D eigenvalue weighted by Gasteiger charge is -2.37. The zero-order valence-corrected chi connectivity index (χ0v) is 17.6. The van der Waals surface area contributed by atoms with Gasteiger partial charge < -0.3 is 10.4 Å². The Bertz CT molecular complexity index is 1410. The molecule has 8 heteroatoms. The third kappa shape index (κ3) is 2.90. The molecular formula is C24H19ClN6O. The molecule has 5 aromatic rings. The first-order valence-corrected chi connectivity index (χ1v) is 10.7. The van der Waals surface area contributed by atoms with E-state index in [0.29, 0.717) is 16.4 Å². The lowest BCUT2D eigenvalue weighted by molar-refractivity contribution is 0.0912. The maximum Gasteiger partial charge on any atom is 0.154 e. The molecule has 0 amide bonds. The Labute approximate surface area is 188 Å². The molecule has 32 heavy (non-hydrogen) atoms. The molecule has 3 atom stereocenters. The van der Waals surface area contributed by atoms with Crippen molar-refractivity contribution in [3.05, 3.63) is 95.0 Å². The molecule has 0 radical (unpaired) electrons. The van der Waals surface area contributed by atoms with Crippen LogP contribution < -0.4 is 5.32 Å². The number of aliphatic hydroxyl groups is 1. The van der Waals surface area contributed by atoms with Crippen molar-refractivity contribution in [3.63, 3.8) is 0 Å². The lowest BCUT2D eigenvalue weighted by atomic mass is 9.86. The predicted molar refractivity (Wildman–Crippen MR) is 123 cm³/mol. The number of para-hydroxylation sites is 1. The van der Waals surface area contributed by atoms with E-state index >= 15 is 0 Å². The lowest BCUT2D eigenvalue weighted by Crippen LogP contribution is -2.34. The van der Waals surface area contributed by atoms with Gasteiger partial charge in [-0.05, 0) is 29.3 Å². The first-order valence-electron chi connectivity index (χ1n) is 10.3. The summed E-state index contributed by atoms with van der Waals surface area (Å²) in [5.74, 6) is 0.599. The summed E-state index contributed by atoms with van der Waals surface area (Å²) in [4.78, 5) is 0. The Morgan fingerprint density at radius 3 is 2.50 bits per heavy atom. The third-order valence-electron chi connectivity index (χ3n) is 6.02. The van der Waals surface area contributed by atoms with Crippen LogP contribution >= 0.6 is 11.6 Å². The van der Waals surface area contributed by atoms with E-state index in [4.69, 9.17) is 11.6 Å². The molecular weight excluding hydrogens is 424 g/mol. The number of fused-ring (bicyclic) bond motifs is 2. The highest BCUT2D eigenvalue weighted by Gasteiger charge is 2.43. The monoisotopic (exact) mass is 442 g/mol. The van der Waals surface area contributed by atoms with E-state index in [1.165, 1.54) is 0 Å². The van der Waals surface area contributed by atoms with E-state index in [2.05, 4.69) is 25.8 Å². The van der Waals surface area contributed by atoms with Gasteiger partial charge in [0.2, 0.25) is 0 Å². The van der Waals surface area contributed by atoms with Crippen molar-refractivity contribution in [1.82, 2.24) is 25.2 Å². The van der Waals surface area contributed by atoms with E-state index < -0.39 is 12.1 Å². The van der Waals surface area contributed by atoms with Crippen LogP contribution in [0.15, 0.2) is 78.9 Å². The van der Waals surface area contributed by atoms with Crippen LogP contribution in [0.1, 0.15) is 29.3 Å². The fourth-order valence-electron chi connectivity index (χ4n) is 4.53. The van der Waals surface area contributed by atoms with Crippen LogP contribution in [0, 0.1) is 0 Å². The number of rotatable bonds is 3. The number of nitrogens with zero attached hydrogens (tertiary/aromatic N) is 4. The Hall–Kier alpha value is -3.68. The highest BCUT2D eigenvalue weighted by Crippen LogP contribution is 2.49.